The van der Waals surface area contributed by atoms with Crippen molar-refractivity contribution in [2.24, 2.45) is 0 Å². The van der Waals surface area contributed by atoms with Crippen LogP contribution in [0.4, 0.5) is 0 Å². The van der Waals surface area contributed by atoms with E-state index in [1.54, 1.807) is 18.2 Å². The van der Waals surface area contributed by atoms with Gasteiger partial charge in [-0.3, -0.25) is 0 Å². The fourth-order valence-corrected chi connectivity index (χ4v) is 5.45. The van der Waals surface area contributed by atoms with Gasteiger partial charge in [-0.05, 0) is 52.1 Å². The highest BCUT2D eigenvalue weighted by atomic mass is 16.5. The SMILES string of the molecule is C=CCOc1ccc(C(c2ccccc2C(=O)OCC(O)CC)c2ccc(OCC=C)c3ccccc23)c2ccccc12. The number of aliphatic hydroxyl groups excluding tert-OH is 1. The van der Waals surface area contributed by atoms with Crippen molar-refractivity contribution in [3.8, 4) is 11.5 Å². The minimum absolute atomic E-state index is 0.0646. The molecule has 1 N–H and O–H groups in total. The first-order valence-corrected chi connectivity index (χ1v) is 14.5. The number of aliphatic hydroxyl groups is 1. The zero-order valence-corrected chi connectivity index (χ0v) is 24.4. The number of esters is 1. The van der Waals surface area contributed by atoms with Crippen molar-refractivity contribution in [2.75, 3.05) is 19.8 Å². The van der Waals surface area contributed by atoms with Crippen molar-refractivity contribution in [1.29, 1.82) is 0 Å². The Morgan fingerprint density at radius 3 is 1.70 bits per heavy atom. The van der Waals surface area contributed by atoms with Crippen LogP contribution in [-0.4, -0.2) is 37.0 Å². The number of carbonyl (C=O) groups is 1. The molecular weight excluding hydrogens is 536 g/mol. The van der Waals surface area contributed by atoms with Crippen molar-refractivity contribution in [2.45, 2.75) is 25.4 Å². The smallest absolute Gasteiger partial charge is 0.338 e. The molecule has 218 valence electrons. The Kier molecular flexibility index (Phi) is 9.55. The molecule has 0 aliphatic heterocycles. The Balaban J connectivity index is 1.77. The number of rotatable bonds is 13. The number of benzene rings is 5. The number of carbonyl (C=O) groups excluding carboxylic acids is 1. The topological polar surface area (TPSA) is 65.0 Å². The maximum atomic E-state index is 13.5. The third-order valence-electron chi connectivity index (χ3n) is 7.54. The van der Waals surface area contributed by atoms with E-state index in [0.29, 0.717) is 25.2 Å². The summed E-state index contributed by atoms with van der Waals surface area (Å²) in [5, 5.41) is 14.0. The van der Waals surface area contributed by atoms with Crippen LogP contribution in [0, 0.1) is 0 Å². The standard InChI is InChI=1S/C38H36O5/c1-4-23-41-35-21-19-32(27-13-7-9-15-29(27)35)37(31-17-11-12-18-34(31)38(40)43-25-26(39)6-3)33-20-22-36(42-24-5-2)30-16-10-8-14-28(30)33/h4-5,7-22,26,37,39H,1-2,6,23-25H2,3H3. The Labute approximate surface area is 252 Å². The number of fused-ring (bicyclic) bond motifs is 2. The summed E-state index contributed by atoms with van der Waals surface area (Å²) in [4.78, 5) is 13.5. The number of hydrogen-bond donors (Lipinski definition) is 1. The Morgan fingerprint density at radius 2 is 1.19 bits per heavy atom. The zero-order chi connectivity index (χ0) is 30.2. The third kappa shape index (κ3) is 6.32. The van der Waals surface area contributed by atoms with Crippen LogP contribution in [-0.2, 0) is 4.74 Å². The molecule has 0 aliphatic carbocycles. The maximum absolute atomic E-state index is 13.5. The third-order valence-corrected chi connectivity index (χ3v) is 7.54. The van der Waals surface area contributed by atoms with Crippen molar-refractivity contribution in [3.63, 3.8) is 0 Å². The molecule has 0 radical (unpaired) electrons. The largest absolute Gasteiger partial charge is 0.489 e. The lowest BCUT2D eigenvalue weighted by molar-refractivity contribution is 0.0249. The van der Waals surface area contributed by atoms with Gasteiger partial charge in [0.2, 0.25) is 0 Å². The normalized spacial score (nSPS) is 11.8. The highest BCUT2D eigenvalue weighted by Crippen LogP contribution is 2.44. The predicted molar refractivity (Wildman–Crippen MR) is 173 cm³/mol. The highest BCUT2D eigenvalue weighted by molar-refractivity contribution is 5.97. The second-order valence-electron chi connectivity index (χ2n) is 10.3. The summed E-state index contributed by atoms with van der Waals surface area (Å²) in [5.41, 5.74) is 3.27. The molecule has 5 nitrogen and oxygen atoms in total. The van der Waals surface area contributed by atoms with Crippen molar-refractivity contribution < 1.29 is 24.1 Å². The molecule has 0 aliphatic rings. The summed E-state index contributed by atoms with van der Waals surface area (Å²) in [7, 11) is 0. The number of hydrogen-bond acceptors (Lipinski definition) is 5. The van der Waals surface area contributed by atoms with Gasteiger partial charge < -0.3 is 19.3 Å². The Bertz CT molecular complexity index is 1660. The lowest BCUT2D eigenvalue weighted by atomic mass is 9.79. The zero-order valence-electron chi connectivity index (χ0n) is 24.4. The number of ether oxygens (including phenoxy) is 3. The van der Waals surface area contributed by atoms with Crippen LogP contribution in [0.15, 0.2) is 122 Å². The van der Waals surface area contributed by atoms with Gasteiger partial charge in [-0.1, -0.05) is 111 Å². The molecule has 5 aromatic carbocycles. The van der Waals surface area contributed by atoms with Gasteiger partial charge in [-0.2, -0.15) is 0 Å². The first-order chi connectivity index (χ1) is 21.1. The van der Waals surface area contributed by atoms with E-state index < -0.39 is 12.1 Å². The molecule has 5 heteroatoms. The fourth-order valence-electron chi connectivity index (χ4n) is 5.45. The van der Waals surface area contributed by atoms with Crippen LogP contribution >= 0.6 is 0 Å². The van der Waals surface area contributed by atoms with Crippen LogP contribution in [0.25, 0.3) is 21.5 Å². The van der Waals surface area contributed by atoms with Gasteiger partial charge in [0, 0.05) is 16.7 Å². The highest BCUT2D eigenvalue weighted by Gasteiger charge is 2.27. The molecule has 43 heavy (non-hydrogen) atoms. The second kappa shape index (κ2) is 13.9. The molecule has 1 atom stereocenters. The summed E-state index contributed by atoms with van der Waals surface area (Å²) in [6.45, 7) is 10.2. The van der Waals surface area contributed by atoms with Gasteiger partial charge in [0.15, 0.2) is 0 Å². The van der Waals surface area contributed by atoms with E-state index in [4.69, 9.17) is 14.2 Å². The average molecular weight is 573 g/mol. The first kappa shape index (κ1) is 29.6. The van der Waals surface area contributed by atoms with Gasteiger partial charge in [0.05, 0.1) is 11.7 Å². The van der Waals surface area contributed by atoms with Crippen LogP contribution in [0.5, 0.6) is 11.5 Å². The van der Waals surface area contributed by atoms with Crippen LogP contribution in [0.2, 0.25) is 0 Å². The van der Waals surface area contributed by atoms with E-state index in [-0.39, 0.29) is 12.5 Å². The molecule has 0 saturated heterocycles. The van der Waals surface area contributed by atoms with Gasteiger partial charge in [-0.25, -0.2) is 4.79 Å². The molecule has 0 aromatic heterocycles. The summed E-state index contributed by atoms with van der Waals surface area (Å²) in [6.07, 6.45) is 3.23. The van der Waals surface area contributed by atoms with E-state index in [2.05, 4.69) is 37.4 Å². The van der Waals surface area contributed by atoms with Crippen molar-refractivity contribution >= 4 is 27.5 Å². The van der Waals surface area contributed by atoms with E-state index >= 15 is 0 Å². The van der Waals surface area contributed by atoms with Gasteiger partial charge in [0.25, 0.3) is 0 Å². The van der Waals surface area contributed by atoms with Crippen LogP contribution in [0.1, 0.15) is 46.3 Å². The summed E-state index contributed by atoms with van der Waals surface area (Å²) < 4.78 is 17.6. The van der Waals surface area contributed by atoms with E-state index in [1.807, 2.05) is 73.7 Å². The van der Waals surface area contributed by atoms with E-state index in [0.717, 1.165) is 49.7 Å². The Hall–Kier alpha value is -4.87. The quantitative estimate of drug-likeness (QED) is 0.0875. The van der Waals surface area contributed by atoms with E-state index in [9.17, 15) is 9.90 Å². The van der Waals surface area contributed by atoms with Crippen LogP contribution < -0.4 is 9.47 Å². The molecule has 0 bridgehead atoms. The lowest BCUT2D eigenvalue weighted by Crippen LogP contribution is -2.19. The predicted octanol–water partition coefficient (Wildman–Crippen LogP) is 8.23. The average Bonchev–Trinajstić information content (AvgIpc) is 3.06. The molecule has 0 amide bonds. The molecule has 0 spiro atoms. The lowest BCUT2D eigenvalue weighted by Gasteiger charge is -2.25. The van der Waals surface area contributed by atoms with Crippen molar-refractivity contribution in [1.82, 2.24) is 0 Å². The van der Waals surface area contributed by atoms with E-state index in [1.165, 1.54) is 0 Å². The van der Waals surface area contributed by atoms with Crippen molar-refractivity contribution in [3.05, 3.63) is 145 Å². The van der Waals surface area contributed by atoms with Crippen LogP contribution in [0.3, 0.4) is 0 Å². The molecule has 0 saturated carbocycles. The minimum atomic E-state index is -0.717. The summed E-state index contributed by atoms with van der Waals surface area (Å²) in [6, 6.07) is 31.9. The molecule has 0 fully saturated rings. The first-order valence-electron chi connectivity index (χ1n) is 14.5. The monoisotopic (exact) mass is 572 g/mol. The minimum Gasteiger partial charge on any atom is -0.489 e. The molecule has 5 aromatic rings. The van der Waals surface area contributed by atoms with Gasteiger partial charge in [-0.15, -0.1) is 0 Å². The molecule has 0 heterocycles. The second-order valence-corrected chi connectivity index (χ2v) is 10.3. The summed E-state index contributed by atoms with van der Waals surface area (Å²) in [5.74, 6) is 0.699. The molecular formula is C38H36O5. The summed E-state index contributed by atoms with van der Waals surface area (Å²) >= 11 is 0. The molecule has 1 unspecified atom stereocenters. The Morgan fingerprint density at radius 1 is 0.698 bits per heavy atom. The van der Waals surface area contributed by atoms with Gasteiger partial charge in [0.1, 0.15) is 31.3 Å². The fraction of sp³-hybridized carbons (Fsp3) is 0.184. The molecule has 5 rings (SSSR count). The van der Waals surface area contributed by atoms with Gasteiger partial charge >= 0.3 is 5.97 Å². The maximum Gasteiger partial charge on any atom is 0.338 e.